The molecule has 0 unspecified atom stereocenters. The molecule has 0 bridgehead atoms. The van der Waals surface area contributed by atoms with Crippen molar-refractivity contribution in [2.75, 3.05) is 0 Å². The molecule has 70 valence electrons. The van der Waals surface area contributed by atoms with Crippen molar-refractivity contribution in [2.45, 2.75) is 32.3 Å². The maximum atomic E-state index is 5.64. The van der Waals surface area contributed by atoms with E-state index in [-0.39, 0.29) is 0 Å². The van der Waals surface area contributed by atoms with Crippen LogP contribution in [0.1, 0.15) is 25.5 Å². The normalized spacial score (nSPS) is 15.8. The number of hydrogen-bond donors (Lipinski definition) is 0. The number of hydrogen-bond acceptors (Lipinski definition) is 2. The van der Waals surface area contributed by atoms with Gasteiger partial charge in [-0.1, -0.05) is 6.92 Å². The fourth-order valence-corrected chi connectivity index (χ4v) is 1.98. The van der Waals surface area contributed by atoms with Crippen LogP contribution in [0, 0.1) is 3.57 Å². The number of aryl methyl sites for hydroxylation is 1. The van der Waals surface area contributed by atoms with Crippen molar-refractivity contribution in [1.82, 2.24) is 4.98 Å². The van der Waals surface area contributed by atoms with Gasteiger partial charge in [-0.3, -0.25) is 4.98 Å². The zero-order valence-electron chi connectivity index (χ0n) is 7.59. The van der Waals surface area contributed by atoms with Crippen molar-refractivity contribution < 1.29 is 4.74 Å². The third kappa shape index (κ3) is 2.33. The smallest absolute Gasteiger partial charge is 0.139 e. The Labute approximate surface area is 91.8 Å². The van der Waals surface area contributed by atoms with Crippen LogP contribution in [0.25, 0.3) is 0 Å². The molecule has 0 saturated heterocycles. The molecule has 0 radical (unpaired) electrons. The van der Waals surface area contributed by atoms with E-state index >= 15 is 0 Å². The highest BCUT2D eigenvalue weighted by Gasteiger charge is 2.23. The van der Waals surface area contributed by atoms with Crippen LogP contribution in [-0.4, -0.2) is 11.1 Å². The molecule has 1 aliphatic carbocycles. The van der Waals surface area contributed by atoms with Crippen molar-refractivity contribution in [2.24, 2.45) is 0 Å². The highest BCUT2D eigenvalue weighted by atomic mass is 127. The Hall–Kier alpha value is -0.320. The lowest BCUT2D eigenvalue weighted by molar-refractivity contribution is 0.301. The highest BCUT2D eigenvalue weighted by molar-refractivity contribution is 14.1. The van der Waals surface area contributed by atoms with Gasteiger partial charge in [0.05, 0.1) is 18.0 Å². The molecule has 1 saturated carbocycles. The highest BCUT2D eigenvalue weighted by Crippen LogP contribution is 2.27. The molecule has 2 rings (SSSR count). The second-order valence-electron chi connectivity index (χ2n) is 3.27. The molecular weight excluding hydrogens is 277 g/mol. The lowest BCUT2D eigenvalue weighted by atomic mass is 10.3. The van der Waals surface area contributed by atoms with Crippen LogP contribution < -0.4 is 4.74 Å². The predicted octanol–water partition coefficient (Wildman–Crippen LogP) is 2.79. The number of pyridine rings is 1. The quantitative estimate of drug-likeness (QED) is 0.798. The summed E-state index contributed by atoms with van der Waals surface area (Å²) in [5, 5.41) is 0. The van der Waals surface area contributed by atoms with Crippen LogP contribution in [0.4, 0.5) is 0 Å². The van der Waals surface area contributed by atoms with Gasteiger partial charge in [-0.25, -0.2) is 0 Å². The molecule has 0 aromatic carbocycles. The van der Waals surface area contributed by atoms with E-state index in [0.29, 0.717) is 6.10 Å². The van der Waals surface area contributed by atoms with Crippen LogP contribution in [0.5, 0.6) is 5.75 Å². The van der Waals surface area contributed by atoms with E-state index in [2.05, 4.69) is 40.6 Å². The van der Waals surface area contributed by atoms with E-state index in [1.54, 1.807) is 0 Å². The first-order valence-corrected chi connectivity index (χ1v) is 5.68. The van der Waals surface area contributed by atoms with Crippen LogP contribution in [0.3, 0.4) is 0 Å². The van der Waals surface area contributed by atoms with E-state index in [4.69, 9.17) is 4.74 Å². The summed E-state index contributed by atoms with van der Waals surface area (Å²) in [6.45, 7) is 2.12. The Morgan fingerprint density at radius 1 is 1.62 bits per heavy atom. The molecule has 0 spiro atoms. The maximum absolute atomic E-state index is 5.64. The first-order valence-electron chi connectivity index (χ1n) is 4.60. The minimum Gasteiger partial charge on any atom is -0.489 e. The monoisotopic (exact) mass is 289 g/mol. The zero-order valence-corrected chi connectivity index (χ0v) is 9.74. The Morgan fingerprint density at radius 3 is 2.92 bits per heavy atom. The average Bonchev–Trinajstić information content (AvgIpc) is 2.89. The first kappa shape index (κ1) is 9.24. The van der Waals surface area contributed by atoms with Crippen molar-refractivity contribution in [3.05, 3.63) is 21.5 Å². The summed E-state index contributed by atoms with van der Waals surface area (Å²) < 4.78 is 6.85. The minimum absolute atomic E-state index is 0.463. The molecule has 1 aromatic rings. The fraction of sp³-hybridized carbons (Fsp3) is 0.500. The third-order valence-corrected chi connectivity index (χ3v) is 2.99. The number of rotatable bonds is 3. The molecule has 0 N–H and O–H groups in total. The molecule has 0 amide bonds. The number of aromatic nitrogens is 1. The van der Waals surface area contributed by atoms with Gasteiger partial charge in [0.25, 0.3) is 0 Å². The first-order chi connectivity index (χ1) is 6.29. The Kier molecular flexibility index (Phi) is 2.71. The molecular formula is C10H12INO. The molecule has 0 aliphatic heterocycles. The van der Waals surface area contributed by atoms with Gasteiger partial charge < -0.3 is 4.74 Å². The van der Waals surface area contributed by atoms with E-state index in [1.807, 2.05) is 6.20 Å². The largest absolute Gasteiger partial charge is 0.489 e. The lowest BCUT2D eigenvalue weighted by Crippen LogP contribution is -1.99. The van der Waals surface area contributed by atoms with Crippen LogP contribution >= 0.6 is 22.6 Å². The van der Waals surface area contributed by atoms with E-state index in [9.17, 15) is 0 Å². The molecule has 3 heteroatoms. The molecule has 2 nitrogen and oxygen atoms in total. The summed E-state index contributed by atoms with van der Waals surface area (Å²) in [7, 11) is 0. The van der Waals surface area contributed by atoms with Crippen molar-refractivity contribution in [3.8, 4) is 5.75 Å². The number of halogens is 1. The number of nitrogens with zero attached hydrogens (tertiary/aromatic N) is 1. The molecule has 1 fully saturated rings. The van der Waals surface area contributed by atoms with Gasteiger partial charge >= 0.3 is 0 Å². The Morgan fingerprint density at radius 2 is 2.38 bits per heavy atom. The number of ether oxygens (including phenoxy) is 1. The summed E-state index contributed by atoms with van der Waals surface area (Å²) in [6, 6.07) is 2.07. The van der Waals surface area contributed by atoms with Crippen molar-refractivity contribution in [1.29, 1.82) is 0 Å². The topological polar surface area (TPSA) is 22.1 Å². The zero-order chi connectivity index (χ0) is 9.26. The minimum atomic E-state index is 0.463. The summed E-state index contributed by atoms with van der Waals surface area (Å²) in [5.41, 5.74) is 1.16. The standard InChI is InChI=1S/C10H12INO/c1-2-10-9(11)5-8(6-12-10)13-7-3-4-7/h5-7H,2-4H2,1H3. The summed E-state index contributed by atoms with van der Waals surface area (Å²) in [4.78, 5) is 4.35. The maximum Gasteiger partial charge on any atom is 0.139 e. The van der Waals surface area contributed by atoms with Crippen LogP contribution in [-0.2, 0) is 6.42 Å². The predicted molar refractivity (Wildman–Crippen MR) is 60.0 cm³/mol. The summed E-state index contributed by atoms with van der Waals surface area (Å²) in [5.74, 6) is 0.920. The van der Waals surface area contributed by atoms with Crippen LogP contribution in [0.2, 0.25) is 0 Å². The SMILES string of the molecule is CCc1ncc(OC2CC2)cc1I. The van der Waals surface area contributed by atoms with E-state index in [1.165, 1.54) is 16.4 Å². The van der Waals surface area contributed by atoms with Gasteiger partial charge in [0, 0.05) is 3.57 Å². The lowest BCUT2D eigenvalue weighted by Gasteiger charge is -2.05. The Balaban J connectivity index is 2.13. The molecule has 1 heterocycles. The molecule has 1 aromatic heterocycles. The van der Waals surface area contributed by atoms with Gasteiger partial charge in [0.2, 0.25) is 0 Å². The Bertz CT molecular complexity index is 310. The summed E-state index contributed by atoms with van der Waals surface area (Å²) in [6.07, 6.45) is 5.68. The van der Waals surface area contributed by atoms with Gasteiger partial charge in [-0.15, -0.1) is 0 Å². The molecule has 1 aliphatic rings. The third-order valence-electron chi connectivity index (χ3n) is 2.05. The summed E-state index contributed by atoms with van der Waals surface area (Å²) >= 11 is 2.31. The van der Waals surface area contributed by atoms with E-state index < -0.39 is 0 Å². The van der Waals surface area contributed by atoms with Gasteiger partial charge in [0.1, 0.15) is 5.75 Å². The van der Waals surface area contributed by atoms with Crippen LogP contribution in [0.15, 0.2) is 12.3 Å². The second-order valence-corrected chi connectivity index (χ2v) is 4.43. The van der Waals surface area contributed by atoms with Gasteiger partial charge in [-0.05, 0) is 47.9 Å². The van der Waals surface area contributed by atoms with Crippen molar-refractivity contribution in [3.63, 3.8) is 0 Å². The van der Waals surface area contributed by atoms with E-state index in [0.717, 1.165) is 17.9 Å². The average molecular weight is 289 g/mol. The van der Waals surface area contributed by atoms with Gasteiger partial charge in [0.15, 0.2) is 0 Å². The fourth-order valence-electron chi connectivity index (χ4n) is 1.15. The van der Waals surface area contributed by atoms with Crippen molar-refractivity contribution >= 4 is 22.6 Å². The second kappa shape index (κ2) is 3.82. The molecule has 0 atom stereocenters. The molecule has 13 heavy (non-hydrogen) atoms. The van der Waals surface area contributed by atoms with Gasteiger partial charge in [-0.2, -0.15) is 0 Å².